The van der Waals surface area contributed by atoms with Gasteiger partial charge in [0, 0.05) is 22.8 Å². The standard InChI is InChI=1S/C13H14BrClFNO3S/c1-13(3-2-4-13)7-17-12(18)8-5-9(16)11(14)10(6-8)21(15,19)20/h5-6H,2-4,7H2,1H3,(H,17,18). The minimum atomic E-state index is -4.14. The fraction of sp³-hybridized carbons (Fsp3) is 0.462. The van der Waals surface area contributed by atoms with Gasteiger partial charge in [0.15, 0.2) is 0 Å². The number of hydrogen-bond donors (Lipinski definition) is 1. The number of nitrogens with one attached hydrogen (secondary N) is 1. The maximum absolute atomic E-state index is 13.7. The molecule has 0 bridgehead atoms. The molecule has 1 N–H and O–H groups in total. The molecular formula is C13H14BrClFNO3S. The first-order valence-electron chi connectivity index (χ1n) is 6.34. The summed E-state index contributed by atoms with van der Waals surface area (Å²) in [7, 11) is 1.09. The topological polar surface area (TPSA) is 63.2 Å². The van der Waals surface area contributed by atoms with Crippen molar-refractivity contribution in [2.24, 2.45) is 5.41 Å². The van der Waals surface area contributed by atoms with Crippen LogP contribution >= 0.6 is 26.6 Å². The highest BCUT2D eigenvalue weighted by molar-refractivity contribution is 9.10. The molecular weight excluding hydrogens is 385 g/mol. The largest absolute Gasteiger partial charge is 0.351 e. The van der Waals surface area contributed by atoms with Gasteiger partial charge >= 0.3 is 0 Å². The molecule has 0 saturated heterocycles. The molecule has 1 fully saturated rings. The van der Waals surface area contributed by atoms with Gasteiger partial charge in [-0.2, -0.15) is 0 Å². The molecule has 0 heterocycles. The zero-order valence-electron chi connectivity index (χ0n) is 11.3. The summed E-state index contributed by atoms with van der Waals surface area (Å²) in [5.41, 5.74) is 0.00293. The Hall–Kier alpha value is -0.660. The van der Waals surface area contributed by atoms with Crippen LogP contribution in [0, 0.1) is 11.2 Å². The van der Waals surface area contributed by atoms with Crippen molar-refractivity contribution in [2.75, 3.05) is 6.54 Å². The molecule has 1 aromatic carbocycles. The van der Waals surface area contributed by atoms with Crippen LogP contribution in [0.4, 0.5) is 4.39 Å². The van der Waals surface area contributed by atoms with Gasteiger partial charge in [0.1, 0.15) is 10.7 Å². The Bertz CT molecular complexity index is 689. The lowest BCUT2D eigenvalue weighted by atomic mass is 9.70. The average molecular weight is 399 g/mol. The van der Waals surface area contributed by atoms with E-state index < -0.39 is 25.7 Å². The number of benzene rings is 1. The molecule has 21 heavy (non-hydrogen) atoms. The smallest absolute Gasteiger partial charge is 0.262 e. The van der Waals surface area contributed by atoms with Crippen molar-refractivity contribution in [3.8, 4) is 0 Å². The lowest BCUT2D eigenvalue weighted by Crippen LogP contribution is -2.40. The van der Waals surface area contributed by atoms with Gasteiger partial charge < -0.3 is 5.32 Å². The van der Waals surface area contributed by atoms with Gasteiger partial charge in [-0.1, -0.05) is 13.3 Å². The lowest BCUT2D eigenvalue weighted by Gasteiger charge is -2.38. The van der Waals surface area contributed by atoms with Gasteiger partial charge in [-0.15, -0.1) is 0 Å². The summed E-state index contributed by atoms with van der Waals surface area (Å²) in [5.74, 6) is -1.37. The Morgan fingerprint density at radius 3 is 2.57 bits per heavy atom. The van der Waals surface area contributed by atoms with Crippen LogP contribution in [0.5, 0.6) is 0 Å². The van der Waals surface area contributed by atoms with E-state index in [9.17, 15) is 17.6 Å². The molecule has 0 aromatic heterocycles. The predicted octanol–water partition coefficient (Wildman–Crippen LogP) is 3.44. The molecule has 1 aliphatic rings. The van der Waals surface area contributed by atoms with Crippen molar-refractivity contribution in [1.29, 1.82) is 0 Å². The Balaban J connectivity index is 2.23. The van der Waals surface area contributed by atoms with Gasteiger partial charge in [0.25, 0.3) is 15.0 Å². The maximum atomic E-state index is 13.7. The van der Waals surface area contributed by atoms with E-state index in [-0.39, 0.29) is 15.5 Å². The van der Waals surface area contributed by atoms with Crippen molar-refractivity contribution in [3.63, 3.8) is 0 Å². The molecule has 0 unspecified atom stereocenters. The summed E-state index contributed by atoms with van der Waals surface area (Å²) in [5, 5.41) is 2.71. The summed E-state index contributed by atoms with van der Waals surface area (Å²) in [6.07, 6.45) is 3.19. The van der Waals surface area contributed by atoms with Crippen molar-refractivity contribution < 1.29 is 17.6 Å². The van der Waals surface area contributed by atoms with Gasteiger partial charge in [-0.3, -0.25) is 4.79 Å². The third-order valence-corrected chi connectivity index (χ3v) is 6.17. The molecule has 1 amide bonds. The fourth-order valence-electron chi connectivity index (χ4n) is 2.23. The quantitative estimate of drug-likeness (QED) is 0.790. The summed E-state index contributed by atoms with van der Waals surface area (Å²) >= 11 is 2.82. The van der Waals surface area contributed by atoms with Crippen molar-refractivity contribution in [3.05, 3.63) is 28.0 Å². The zero-order valence-corrected chi connectivity index (χ0v) is 14.4. The van der Waals surface area contributed by atoms with Crippen LogP contribution < -0.4 is 5.32 Å². The molecule has 0 radical (unpaired) electrons. The second kappa shape index (κ2) is 5.85. The molecule has 116 valence electrons. The highest BCUT2D eigenvalue weighted by atomic mass is 79.9. The molecule has 2 rings (SSSR count). The maximum Gasteiger partial charge on any atom is 0.262 e. The Kier molecular flexibility index (Phi) is 4.66. The first-order valence-corrected chi connectivity index (χ1v) is 9.45. The number of halogens is 3. The number of hydrogen-bond acceptors (Lipinski definition) is 3. The number of carbonyl (C=O) groups is 1. The van der Waals surface area contributed by atoms with Crippen LogP contribution in [-0.4, -0.2) is 20.9 Å². The van der Waals surface area contributed by atoms with Crippen molar-refractivity contribution in [1.82, 2.24) is 5.32 Å². The molecule has 8 heteroatoms. The van der Waals surface area contributed by atoms with Crippen LogP contribution in [0.15, 0.2) is 21.5 Å². The number of carbonyl (C=O) groups excluding carboxylic acids is 1. The van der Waals surface area contributed by atoms with Gasteiger partial charge in [0.2, 0.25) is 0 Å². The summed E-state index contributed by atoms with van der Waals surface area (Å²) < 4.78 is 36.2. The van der Waals surface area contributed by atoms with Crippen molar-refractivity contribution in [2.45, 2.75) is 31.1 Å². The van der Waals surface area contributed by atoms with Crippen LogP contribution in [-0.2, 0) is 9.05 Å². The second-order valence-corrected chi connectivity index (χ2v) is 8.88. The van der Waals surface area contributed by atoms with Crippen LogP contribution in [0.25, 0.3) is 0 Å². The van der Waals surface area contributed by atoms with Gasteiger partial charge in [-0.05, 0) is 46.3 Å². The zero-order chi connectivity index (χ0) is 15.8. The molecule has 0 aliphatic heterocycles. The minimum absolute atomic E-state index is 0.0714. The lowest BCUT2D eigenvalue weighted by molar-refractivity contribution is 0.0890. The van der Waals surface area contributed by atoms with E-state index in [0.717, 1.165) is 31.4 Å². The van der Waals surface area contributed by atoms with E-state index in [2.05, 4.69) is 28.2 Å². The fourth-order valence-corrected chi connectivity index (χ4v) is 4.32. The van der Waals surface area contributed by atoms with E-state index >= 15 is 0 Å². The highest BCUT2D eigenvalue weighted by Crippen LogP contribution is 2.39. The van der Waals surface area contributed by atoms with Gasteiger partial charge in [0.05, 0.1) is 4.47 Å². The average Bonchev–Trinajstić information content (AvgIpc) is 2.35. The second-order valence-electron chi connectivity index (χ2n) is 5.55. The summed E-state index contributed by atoms with van der Waals surface area (Å²) in [6.45, 7) is 2.54. The van der Waals surface area contributed by atoms with Gasteiger partial charge in [-0.25, -0.2) is 12.8 Å². The Morgan fingerprint density at radius 2 is 2.10 bits per heavy atom. The normalized spacial score (nSPS) is 17.1. The summed E-state index contributed by atoms with van der Waals surface area (Å²) in [6, 6.07) is 2.04. The first-order chi connectivity index (χ1) is 9.62. The Labute approximate surface area is 135 Å². The molecule has 1 aromatic rings. The highest BCUT2D eigenvalue weighted by Gasteiger charge is 2.32. The molecule has 1 aliphatic carbocycles. The Morgan fingerprint density at radius 1 is 1.48 bits per heavy atom. The van der Waals surface area contributed by atoms with E-state index in [1.165, 1.54) is 0 Å². The third kappa shape index (κ3) is 3.76. The van der Waals surface area contributed by atoms with E-state index in [1.54, 1.807) is 0 Å². The van der Waals surface area contributed by atoms with E-state index in [0.29, 0.717) is 6.54 Å². The molecule has 0 spiro atoms. The number of amides is 1. The minimum Gasteiger partial charge on any atom is -0.351 e. The van der Waals surface area contributed by atoms with E-state index in [4.69, 9.17) is 10.7 Å². The van der Waals surface area contributed by atoms with Crippen LogP contribution in [0.3, 0.4) is 0 Å². The summed E-state index contributed by atoms with van der Waals surface area (Å²) in [4.78, 5) is 11.6. The van der Waals surface area contributed by atoms with Crippen LogP contribution in [0.2, 0.25) is 0 Å². The van der Waals surface area contributed by atoms with E-state index in [1.807, 2.05) is 0 Å². The van der Waals surface area contributed by atoms with Crippen LogP contribution in [0.1, 0.15) is 36.5 Å². The molecule has 4 nitrogen and oxygen atoms in total. The number of rotatable bonds is 4. The first kappa shape index (κ1) is 16.7. The molecule has 1 saturated carbocycles. The monoisotopic (exact) mass is 397 g/mol. The molecule has 0 atom stereocenters. The SMILES string of the molecule is CC1(CNC(=O)c2cc(F)c(Br)c(S(=O)(=O)Cl)c2)CCC1. The van der Waals surface area contributed by atoms with Crippen molar-refractivity contribution >= 4 is 41.6 Å². The third-order valence-electron chi connectivity index (χ3n) is 3.76. The predicted molar refractivity (Wildman–Crippen MR) is 81.4 cm³/mol.